The van der Waals surface area contributed by atoms with E-state index in [9.17, 15) is 4.79 Å². The summed E-state index contributed by atoms with van der Waals surface area (Å²) in [7, 11) is 1.35. The number of nitrogens with zero attached hydrogens (tertiary/aromatic N) is 1. The molecule has 0 radical (unpaired) electrons. The Morgan fingerprint density at radius 3 is 2.59 bits per heavy atom. The van der Waals surface area contributed by atoms with Gasteiger partial charge in [0.1, 0.15) is 0 Å². The van der Waals surface area contributed by atoms with Crippen molar-refractivity contribution in [3.8, 4) is 11.3 Å². The van der Waals surface area contributed by atoms with E-state index in [-0.39, 0.29) is 0 Å². The summed E-state index contributed by atoms with van der Waals surface area (Å²) in [5.41, 5.74) is 1.86. The van der Waals surface area contributed by atoms with Gasteiger partial charge in [-0.05, 0) is 24.3 Å². The van der Waals surface area contributed by atoms with Crippen molar-refractivity contribution < 1.29 is 9.53 Å². The standard InChI is InChI=1S/C13H10ClNO2/c1-17-13(16)11-3-2-8-15-12(11)9-4-6-10(14)7-5-9/h2-8H,1H3. The summed E-state index contributed by atoms with van der Waals surface area (Å²) in [4.78, 5) is 15.8. The van der Waals surface area contributed by atoms with E-state index in [1.165, 1.54) is 7.11 Å². The molecule has 0 aliphatic rings. The first-order valence-corrected chi connectivity index (χ1v) is 5.39. The van der Waals surface area contributed by atoms with Crippen molar-refractivity contribution in [1.82, 2.24) is 4.98 Å². The minimum Gasteiger partial charge on any atom is -0.465 e. The number of esters is 1. The van der Waals surface area contributed by atoms with Crippen molar-refractivity contribution in [3.05, 3.63) is 53.2 Å². The number of hydrogen-bond acceptors (Lipinski definition) is 3. The highest BCUT2D eigenvalue weighted by atomic mass is 35.5. The predicted octanol–water partition coefficient (Wildman–Crippen LogP) is 3.19. The highest BCUT2D eigenvalue weighted by molar-refractivity contribution is 6.30. The Labute approximate surface area is 104 Å². The monoisotopic (exact) mass is 247 g/mol. The van der Waals surface area contributed by atoms with Crippen LogP contribution >= 0.6 is 11.6 Å². The van der Waals surface area contributed by atoms with Gasteiger partial charge in [-0.25, -0.2) is 4.79 Å². The number of benzene rings is 1. The van der Waals surface area contributed by atoms with Crippen molar-refractivity contribution in [2.24, 2.45) is 0 Å². The molecule has 0 amide bonds. The second-order valence-electron chi connectivity index (χ2n) is 3.40. The minimum atomic E-state index is -0.400. The SMILES string of the molecule is COC(=O)c1cccnc1-c1ccc(Cl)cc1. The molecular formula is C13H10ClNO2. The second kappa shape index (κ2) is 4.97. The molecule has 3 nitrogen and oxygen atoms in total. The molecule has 4 heteroatoms. The van der Waals surface area contributed by atoms with Gasteiger partial charge in [0.25, 0.3) is 0 Å². The van der Waals surface area contributed by atoms with E-state index in [1.807, 2.05) is 12.1 Å². The average molecular weight is 248 g/mol. The molecule has 0 fully saturated rings. The Hall–Kier alpha value is -1.87. The predicted molar refractivity (Wildman–Crippen MR) is 66.0 cm³/mol. The molecule has 0 spiro atoms. The maximum Gasteiger partial charge on any atom is 0.340 e. The highest BCUT2D eigenvalue weighted by Crippen LogP contribution is 2.23. The van der Waals surface area contributed by atoms with E-state index in [0.717, 1.165) is 5.56 Å². The van der Waals surface area contributed by atoms with Gasteiger partial charge >= 0.3 is 5.97 Å². The third kappa shape index (κ3) is 2.45. The summed E-state index contributed by atoms with van der Waals surface area (Å²) in [6, 6.07) is 10.5. The molecule has 1 aromatic heterocycles. The number of carbonyl (C=O) groups is 1. The van der Waals surface area contributed by atoms with Crippen LogP contribution in [0.4, 0.5) is 0 Å². The fourth-order valence-electron chi connectivity index (χ4n) is 1.52. The van der Waals surface area contributed by atoms with Crippen LogP contribution in [0.15, 0.2) is 42.6 Å². The van der Waals surface area contributed by atoms with Gasteiger partial charge in [-0.2, -0.15) is 0 Å². The maximum absolute atomic E-state index is 11.6. The van der Waals surface area contributed by atoms with E-state index in [2.05, 4.69) is 4.98 Å². The number of halogens is 1. The van der Waals surface area contributed by atoms with Crippen molar-refractivity contribution in [3.63, 3.8) is 0 Å². The molecule has 17 heavy (non-hydrogen) atoms. The molecule has 0 saturated carbocycles. The van der Waals surface area contributed by atoms with Crippen LogP contribution in [0, 0.1) is 0 Å². The zero-order valence-corrected chi connectivity index (χ0v) is 9.94. The smallest absolute Gasteiger partial charge is 0.340 e. The molecule has 2 rings (SSSR count). The molecule has 0 unspecified atom stereocenters. The van der Waals surface area contributed by atoms with Crippen LogP contribution in [0.1, 0.15) is 10.4 Å². The van der Waals surface area contributed by atoms with Gasteiger partial charge in [-0.1, -0.05) is 23.7 Å². The van der Waals surface area contributed by atoms with Gasteiger partial charge in [0.2, 0.25) is 0 Å². The lowest BCUT2D eigenvalue weighted by atomic mass is 10.1. The van der Waals surface area contributed by atoms with E-state index >= 15 is 0 Å². The Morgan fingerprint density at radius 2 is 1.94 bits per heavy atom. The lowest BCUT2D eigenvalue weighted by Gasteiger charge is -2.06. The van der Waals surface area contributed by atoms with Crippen LogP contribution in [-0.4, -0.2) is 18.1 Å². The van der Waals surface area contributed by atoms with Crippen LogP contribution in [0.25, 0.3) is 11.3 Å². The first-order valence-electron chi connectivity index (χ1n) is 5.01. The summed E-state index contributed by atoms with van der Waals surface area (Å²) in [6.45, 7) is 0. The van der Waals surface area contributed by atoms with Gasteiger partial charge in [-0.3, -0.25) is 4.98 Å². The third-order valence-electron chi connectivity index (χ3n) is 2.33. The van der Waals surface area contributed by atoms with Gasteiger partial charge in [0.15, 0.2) is 0 Å². The van der Waals surface area contributed by atoms with Gasteiger partial charge in [0.05, 0.1) is 18.4 Å². The summed E-state index contributed by atoms with van der Waals surface area (Å²) in [6.07, 6.45) is 1.64. The van der Waals surface area contributed by atoms with Gasteiger partial charge in [-0.15, -0.1) is 0 Å². The molecule has 0 saturated heterocycles. The Balaban J connectivity index is 2.51. The van der Waals surface area contributed by atoms with Gasteiger partial charge in [0, 0.05) is 16.8 Å². The van der Waals surface area contributed by atoms with Crippen molar-refractivity contribution in [2.45, 2.75) is 0 Å². The van der Waals surface area contributed by atoms with Crippen LogP contribution in [0.3, 0.4) is 0 Å². The number of ether oxygens (including phenoxy) is 1. The zero-order chi connectivity index (χ0) is 12.3. The van der Waals surface area contributed by atoms with Crippen LogP contribution in [0.2, 0.25) is 5.02 Å². The van der Waals surface area contributed by atoms with Crippen LogP contribution in [0.5, 0.6) is 0 Å². The molecule has 0 N–H and O–H groups in total. The number of pyridine rings is 1. The molecular weight excluding hydrogens is 238 g/mol. The van der Waals surface area contributed by atoms with Gasteiger partial charge < -0.3 is 4.74 Å². The van der Waals surface area contributed by atoms with E-state index in [4.69, 9.17) is 16.3 Å². The average Bonchev–Trinajstić information content (AvgIpc) is 2.39. The largest absolute Gasteiger partial charge is 0.465 e. The molecule has 0 atom stereocenters. The highest BCUT2D eigenvalue weighted by Gasteiger charge is 2.13. The summed E-state index contributed by atoms with van der Waals surface area (Å²) in [5, 5.41) is 0.643. The maximum atomic E-state index is 11.6. The Kier molecular flexibility index (Phi) is 3.40. The molecule has 0 aliphatic heterocycles. The fraction of sp³-hybridized carbons (Fsp3) is 0.0769. The summed E-state index contributed by atoms with van der Waals surface area (Å²) < 4.78 is 4.72. The molecule has 86 valence electrons. The molecule has 0 aliphatic carbocycles. The Morgan fingerprint density at radius 1 is 1.24 bits per heavy atom. The lowest BCUT2D eigenvalue weighted by Crippen LogP contribution is -2.04. The van der Waals surface area contributed by atoms with E-state index in [1.54, 1.807) is 30.5 Å². The second-order valence-corrected chi connectivity index (χ2v) is 3.83. The van der Waals surface area contributed by atoms with Crippen LogP contribution in [-0.2, 0) is 4.74 Å². The molecule has 2 aromatic rings. The summed E-state index contributed by atoms with van der Waals surface area (Å²) in [5.74, 6) is -0.400. The Bertz CT molecular complexity index is 537. The van der Waals surface area contributed by atoms with Crippen molar-refractivity contribution in [1.29, 1.82) is 0 Å². The number of rotatable bonds is 2. The molecule has 1 aromatic carbocycles. The quantitative estimate of drug-likeness (QED) is 0.765. The first kappa shape index (κ1) is 11.6. The molecule has 0 bridgehead atoms. The number of aromatic nitrogens is 1. The number of hydrogen-bond donors (Lipinski definition) is 0. The van der Waals surface area contributed by atoms with E-state index < -0.39 is 5.97 Å². The first-order chi connectivity index (χ1) is 8.22. The number of methoxy groups -OCH3 is 1. The van der Waals surface area contributed by atoms with Crippen molar-refractivity contribution >= 4 is 17.6 Å². The van der Waals surface area contributed by atoms with E-state index in [0.29, 0.717) is 16.3 Å². The normalized spacial score (nSPS) is 10.0. The fourth-order valence-corrected chi connectivity index (χ4v) is 1.64. The number of carbonyl (C=O) groups excluding carboxylic acids is 1. The van der Waals surface area contributed by atoms with Crippen LogP contribution < -0.4 is 0 Å². The summed E-state index contributed by atoms with van der Waals surface area (Å²) >= 11 is 5.82. The molecule has 1 heterocycles. The minimum absolute atomic E-state index is 0.400. The topological polar surface area (TPSA) is 39.2 Å². The third-order valence-corrected chi connectivity index (χ3v) is 2.58. The van der Waals surface area contributed by atoms with Crippen molar-refractivity contribution in [2.75, 3.05) is 7.11 Å². The zero-order valence-electron chi connectivity index (χ0n) is 9.18. The lowest BCUT2D eigenvalue weighted by molar-refractivity contribution is 0.0601.